The third-order valence-electron chi connectivity index (χ3n) is 5.26. The number of carbonyl (C=O) groups excluding carboxylic acids is 3. The number of alkyl carbamates (subject to hydrolysis) is 1. The molecule has 8 heteroatoms. The van der Waals surface area contributed by atoms with Crippen molar-refractivity contribution in [3.63, 3.8) is 0 Å². The molecule has 0 spiro atoms. The highest BCUT2D eigenvalue weighted by molar-refractivity contribution is 5.92. The normalized spacial score (nSPS) is 17.7. The quantitative estimate of drug-likeness (QED) is 0.781. The Hall–Kier alpha value is -3.03. The average Bonchev–Trinajstić information content (AvgIpc) is 3.25. The number of para-hydroxylation sites is 1. The van der Waals surface area contributed by atoms with Gasteiger partial charge >= 0.3 is 6.09 Å². The first-order valence-corrected chi connectivity index (χ1v) is 10.2. The van der Waals surface area contributed by atoms with Crippen LogP contribution >= 0.6 is 0 Å². The fourth-order valence-electron chi connectivity index (χ4n) is 3.98. The lowest BCUT2D eigenvalue weighted by Crippen LogP contribution is -2.54. The second kappa shape index (κ2) is 8.38. The van der Waals surface area contributed by atoms with E-state index < -0.39 is 29.7 Å². The highest BCUT2D eigenvalue weighted by Crippen LogP contribution is 2.24. The zero-order chi connectivity index (χ0) is 22.1. The van der Waals surface area contributed by atoms with Gasteiger partial charge in [0.25, 0.3) is 0 Å². The van der Waals surface area contributed by atoms with Crippen molar-refractivity contribution in [1.82, 2.24) is 14.8 Å². The lowest BCUT2D eigenvalue weighted by molar-refractivity contribution is -0.139. The first-order chi connectivity index (χ1) is 14.1. The van der Waals surface area contributed by atoms with Crippen LogP contribution in [0.4, 0.5) is 4.79 Å². The van der Waals surface area contributed by atoms with Gasteiger partial charge in [-0.3, -0.25) is 9.59 Å². The number of amides is 3. The van der Waals surface area contributed by atoms with Crippen molar-refractivity contribution >= 4 is 28.8 Å². The van der Waals surface area contributed by atoms with E-state index in [1.165, 1.54) is 4.90 Å². The summed E-state index contributed by atoms with van der Waals surface area (Å²) in [4.78, 5) is 39.1. The van der Waals surface area contributed by atoms with E-state index in [1.807, 2.05) is 42.1 Å². The summed E-state index contributed by atoms with van der Waals surface area (Å²) >= 11 is 0. The Morgan fingerprint density at radius 3 is 2.63 bits per heavy atom. The van der Waals surface area contributed by atoms with Crippen LogP contribution < -0.4 is 11.1 Å². The number of likely N-dealkylation sites (tertiary alicyclic amines) is 1. The van der Waals surface area contributed by atoms with Crippen LogP contribution in [-0.2, 0) is 27.8 Å². The fourth-order valence-corrected chi connectivity index (χ4v) is 3.98. The molecule has 0 bridgehead atoms. The van der Waals surface area contributed by atoms with E-state index >= 15 is 0 Å². The Kier molecular flexibility index (Phi) is 6.05. The molecule has 30 heavy (non-hydrogen) atoms. The third kappa shape index (κ3) is 4.75. The van der Waals surface area contributed by atoms with E-state index in [1.54, 1.807) is 20.8 Å². The van der Waals surface area contributed by atoms with Crippen molar-refractivity contribution in [2.75, 3.05) is 6.54 Å². The van der Waals surface area contributed by atoms with Crippen LogP contribution in [0.2, 0.25) is 0 Å². The van der Waals surface area contributed by atoms with E-state index in [0.29, 0.717) is 19.4 Å². The van der Waals surface area contributed by atoms with Crippen molar-refractivity contribution in [1.29, 1.82) is 0 Å². The average molecular weight is 415 g/mol. The molecule has 3 rings (SSSR count). The molecule has 1 aliphatic heterocycles. The molecule has 1 aromatic carbocycles. The van der Waals surface area contributed by atoms with Crippen molar-refractivity contribution in [2.24, 2.45) is 12.8 Å². The molecular weight excluding hydrogens is 384 g/mol. The highest BCUT2D eigenvalue weighted by atomic mass is 16.6. The number of fused-ring (bicyclic) bond motifs is 1. The molecule has 2 heterocycles. The van der Waals surface area contributed by atoms with Crippen LogP contribution in [0, 0.1) is 0 Å². The first kappa shape index (κ1) is 21.7. The monoisotopic (exact) mass is 414 g/mol. The molecule has 0 saturated carbocycles. The number of ether oxygens (including phenoxy) is 1. The Bertz CT molecular complexity index is 960. The summed E-state index contributed by atoms with van der Waals surface area (Å²) in [6.07, 6.45) is 2.80. The summed E-state index contributed by atoms with van der Waals surface area (Å²) < 4.78 is 7.36. The lowest BCUT2D eigenvalue weighted by Gasteiger charge is -2.28. The number of nitrogens with one attached hydrogen (secondary N) is 1. The largest absolute Gasteiger partial charge is 0.444 e. The predicted octanol–water partition coefficient (Wildman–Crippen LogP) is 2.09. The van der Waals surface area contributed by atoms with Crippen LogP contribution in [0.15, 0.2) is 30.5 Å². The molecule has 8 nitrogen and oxygen atoms in total. The highest BCUT2D eigenvalue weighted by Gasteiger charge is 2.37. The maximum atomic E-state index is 13.3. The molecule has 0 radical (unpaired) electrons. The van der Waals surface area contributed by atoms with Gasteiger partial charge in [0, 0.05) is 37.1 Å². The maximum Gasteiger partial charge on any atom is 0.408 e. The predicted molar refractivity (Wildman–Crippen MR) is 114 cm³/mol. The SMILES string of the molecule is Cn1cc(CC(NC(=O)OC(C)(C)C)C(=O)N2CCCC2C(N)=O)c2ccccc21. The minimum Gasteiger partial charge on any atom is -0.444 e. The van der Waals surface area contributed by atoms with E-state index in [9.17, 15) is 14.4 Å². The molecule has 1 aliphatic rings. The number of nitrogens with zero attached hydrogens (tertiary/aromatic N) is 2. The Morgan fingerprint density at radius 1 is 1.27 bits per heavy atom. The Labute approximate surface area is 176 Å². The first-order valence-electron chi connectivity index (χ1n) is 10.2. The van der Waals surface area contributed by atoms with E-state index in [-0.39, 0.29) is 12.3 Å². The van der Waals surface area contributed by atoms with Crippen LogP contribution in [0.5, 0.6) is 0 Å². The maximum absolute atomic E-state index is 13.3. The topological polar surface area (TPSA) is 107 Å². The number of primary amides is 1. The smallest absolute Gasteiger partial charge is 0.408 e. The van der Waals surface area contributed by atoms with Gasteiger partial charge in [0.05, 0.1) is 0 Å². The second-order valence-corrected chi connectivity index (χ2v) is 8.78. The van der Waals surface area contributed by atoms with Crippen molar-refractivity contribution < 1.29 is 19.1 Å². The molecular formula is C22H30N4O4. The molecule has 2 atom stereocenters. The van der Waals surface area contributed by atoms with E-state index in [2.05, 4.69) is 5.32 Å². The molecule has 2 aromatic rings. The van der Waals surface area contributed by atoms with Gasteiger partial charge in [-0.2, -0.15) is 0 Å². The molecule has 162 valence electrons. The number of hydrogen-bond acceptors (Lipinski definition) is 4. The van der Waals surface area contributed by atoms with Gasteiger partial charge < -0.3 is 25.3 Å². The Balaban J connectivity index is 1.89. The standard InChI is InChI=1S/C22H30N4O4/c1-22(2,3)30-21(29)24-16(20(28)26-11-7-10-18(26)19(23)27)12-14-13-25(4)17-9-6-5-8-15(14)17/h5-6,8-9,13,16,18H,7,10-12H2,1-4H3,(H2,23,27)(H,24,29). The summed E-state index contributed by atoms with van der Waals surface area (Å²) in [6.45, 7) is 5.72. The van der Waals surface area contributed by atoms with Crippen molar-refractivity contribution in [3.8, 4) is 0 Å². The number of nitrogens with two attached hydrogens (primary N) is 1. The second-order valence-electron chi connectivity index (χ2n) is 8.78. The van der Waals surface area contributed by atoms with Gasteiger partial charge in [-0.05, 0) is 45.2 Å². The van der Waals surface area contributed by atoms with Crippen LogP contribution in [0.25, 0.3) is 10.9 Å². The zero-order valence-corrected chi connectivity index (χ0v) is 18.0. The third-order valence-corrected chi connectivity index (χ3v) is 5.26. The Morgan fingerprint density at radius 2 is 1.97 bits per heavy atom. The van der Waals surface area contributed by atoms with Crippen LogP contribution in [0.3, 0.4) is 0 Å². The molecule has 3 N–H and O–H groups in total. The van der Waals surface area contributed by atoms with Gasteiger partial charge in [-0.15, -0.1) is 0 Å². The van der Waals surface area contributed by atoms with Gasteiger partial charge in [0.2, 0.25) is 11.8 Å². The summed E-state index contributed by atoms with van der Waals surface area (Å²) in [5.74, 6) is -0.850. The van der Waals surface area contributed by atoms with E-state index in [4.69, 9.17) is 10.5 Å². The van der Waals surface area contributed by atoms with Gasteiger partial charge in [0.15, 0.2) is 0 Å². The van der Waals surface area contributed by atoms with Gasteiger partial charge in [-0.1, -0.05) is 18.2 Å². The van der Waals surface area contributed by atoms with E-state index in [0.717, 1.165) is 16.5 Å². The fraction of sp³-hybridized carbons (Fsp3) is 0.500. The van der Waals surface area contributed by atoms with Gasteiger partial charge in [0.1, 0.15) is 17.7 Å². The molecule has 0 aliphatic carbocycles. The molecule has 1 saturated heterocycles. The van der Waals surface area contributed by atoms with Crippen molar-refractivity contribution in [3.05, 3.63) is 36.0 Å². The minimum absolute atomic E-state index is 0.279. The van der Waals surface area contributed by atoms with Gasteiger partial charge in [-0.25, -0.2) is 4.79 Å². The van der Waals surface area contributed by atoms with Crippen LogP contribution in [-0.4, -0.2) is 51.6 Å². The molecule has 3 amide bonds. The van der Waals surface area contributed by atoms with Crippen LogP contribution in [0.1, 0.15) is 39.2 Å². The number of rotatable bonds is 5. The number of carbonyl (C=O) groups is 3. The number of aryl methyl sites for hydroxylation is 1. The summed E-state index contributed by atoms with van der Waals surface area (Å²) in [5, 5.41) is 3.73. The number of aromatic nitrogens is 1. The minimum atomic E-state index is -0.870. The summed E-state index contributed by atoms with van der Waals surface area (Å²) in [5.41, 5.74) is 6.76. The number of hydrogen-bond donors (Lipinski definition) is 2. The summed E-state index contributed by atoms with van der Waals surface area (Å²) in [6, 6.07) is 6.36. The van der Waals surface area contributed by atoms with Crippen molar-refractivity contribution in [2.45, 2.75) is 57.7 Å². The summed E-state index contributed by atoms with van der Waals surface area (Å²) in [7, 11) is 1.94. The molecule has 1 aromatic heterocycles. The zero-order valence-electron chi connectivity index (χ0n) is 18.0. The molecule has 2 unspecified atom stereocenters. The lowest BCUT2D eigenvalue weighted by atomic mass is 10.0. The number of benzene rings is 1. The molecule has 1 fully saturated rings.